The highest BCUT2D eigenvalue weighted by atomic mass is 32.2. The van der Waals surface area contributed by atoms with Gasteiger partial charge in [0.05, 0.1) is 16.8 Å². The predicted molar refractivity (Wildman–Crippen MR) is 60.5 cm³/mol. The zero-order valence-electron chi connectivity index (χ0n) is 8.94. The van der Waals surface area contributed by atoms with Crippen molar-refractivity contribution >= 4 is 15.7 Å². The number of rotatable bonds is 3. The first kappa shape index (κ1) is 11.6. The van der Waals surface area contributed by atoms with Gasteiger partial charge in [0, 0.05) is 11.8 Å². The van der Waals surface area contributed by atoms with Gasteiger partial charge in [-0.25, -0.2) is 12.8 Å². The Labute approximate surface area is 97.7 Å². The third-order valence-corrected chi connectivity index (χ3v) is 3.78. The molecule has 17 heavy (non-hydrogen) atoms. The van der Waals surface area contributed by atoms with Gasteiger partial charge in [-0.1, -0.05) is 6.07 Å². The fraction of sp³-hybridized carbons (Fsp3) is 0.100. The topological polar surface area (TPSA) is 74.8 Å². The van der Waals surface area contributed by atoms with Crippen molar-refractivity contribution in [3.05, 3.63) is 42.0 Å². The molecule has 2 aromatic rings. The molecule has 7 heteroatoms. The summed E-state index contributed by atoms with van der Waals surface area (Å²) >= 11 is 0. The molecular weight excluding hydrogens is 245 g/mol. The highest BCUT2D eigenvalue weighted by Gasteiger charge is 2.18. The number of hydrogen-bond donors (Lipinski definition) is 2. The lowest BCUT2D eigenvalue weighted by molar-refractivity contribution is 0.590. The van der Waals surface area contributed by atoms with Crippen molar-refractivity contribution in [3.8, 4) is 0 Å². The quantitative estimate of drug-likeness (QED) is 0.875. The first-order chi connectivity index (χ1) is 8.00. The molecule has 0 spiro atoms. The van der Waals surface area contributed by atoms with Crippen LogP contribution >= 0.6 is 0 Å². The summed E-state index contributed by atoms with van der Waals surface area (Å²) in [4.78, 5) is -0.0845. The Hall–Kier alpha value is -1.89. The zero-order chi connectivity index (χ0) is 12.5. The minimum absolute atomic E-state index is 0.0845. The Bertz CT molecular complexity index is 623. The maximum Gasteiger partial charge on any atom is 0.262 e. The maximum absolute atomic E-state index is 13.3. The summed E-state index contributed by atoms with van der Waals surface area (Å²) in [6.45, 7) is 1.42. The maximum atomic E-state index is 13.3. The molecule has 0 fully saturated rings. The predicted octanol–water partition coefficient (Wildman–Crippen LogP) is 1.66. The number of halogens is 1. The van der Waals surface area contributed by atoms with E-state index in [1.54, 1.807) is 0 Å². The fourth-order valence-electron chi connectivity index (χ4n) is 1.40. The number of hydrogen-bond acceptors (Lipinski definition) is 3. The van der Waals surface area contributed by atoms with Crippen molar-refractivity contribution in [2.75, 3.05) is 4.72 Å². The lowest BCUT2D eigenvalue weighted by atomic mass is 10.2. The second-order valence-electron chi connectivity index (χ2n) is 3.46. The van der Waals surface area contributed by atoms with Gasteiger partial charge in [-0.2, -0.15) is 5.10 Å². The lowest BCUT2D eigenvalue weighted by Gasteiger charge is -2.08. The summed E-state index contributed by atoms with van der Waals surface area (Å²) < 4.78 is 39.5. The third-order valence-electron chi connectivity index (χ3n) is 2.26. The van der Waals surface area contributed by atoms with Crippen LogP contribution in [0.5, 0.6) is 0 Å². The van der Waals surface area contributed by atoms with E-state index in [2.05, 4.69) is 14.9 Å². The molecule has 1 aromatic heterocycles. The summed E-state index contributed by atoms with van der Waals surface area (Å²) in [6.07, 6.45) is 2.72. The van der Waals surface area contributed by atoms with Crippen LogP contribution < -0.4 is 4.72 Å². The number of H-pyrrole nitrogens is 1. The van der Waals surface area contributed by atoms with Gasteiger partial charge in [-0.15, -0.1) is 0 Å². The van der Waals surface area contributed by atoms with Crippen LogP contribution in [-0.2, 0) is 10.0 Å². The molecule has 0 amide bonds. The molecule has 1 aromatic carbocycles. The SMILES string of the molecule is Cc1c(F)cccc1S(=O)(=O)Nc1cn[nH]c1. The number of aromatic amines is 1. The van der Waals surface area contributed by atoms with Crippen molar-refractivity contribution in [1.82, 2.24) is 10.2 Å². The number of aromatic nitrogens is 2. The molecule has 0 radical (unpaired) electrons. The van der Waals surface area contributed by atoms with Crippen LogP contribution in [-0.4, -0.2) is 18.6 Å². The van der Waals surface area contributed by atoms with Gasteiger partial charge in [0.1, 0.15) is 5.82 Å². The molecular formula is C10H10FN3O2S. The molecule has 0 atom stereocenters. The zero-order valence-corrected chi connectivity index (χ0v) is 9.75. The van der Waals surface area contributed by atoms with Crippen LogP contribution in [0.25, 0.3) is 0 Å². The molecule has 2 rings (SSSR count). The molecule has 0 aliphatic rings. The van der Waals surface area contributed by atoms with Gasteiger partial charge in [-0.05, 0) is 19.1 Å². The van der Waals surface area contributed by atoms with Crippen molar-refractivity contribution in [1.29, 1.82) is 0 Å². The molecule has 90 valence electrons. The number of benzene rings is 1. The summed E-state index contributed by atoms with van der Waals surface area (Å²) in [5.41, 5.74) is 0.386. The van der Waals surface area contributed by atoms with Crippen molar-refractivity contribution in [3.63, 3.8) is 0 Å². The minimum Gasteiger partial charge on any atom is -0.284 e. The molecule has 0 aliphatic heterocycles. The highest BCUT2D eigenvalue weighted by Crippen LogP contribution is 2.20. The van der Waals surface area contributed by atoms with E-state index in [1.165, 1.54) is 37.5 Å². The van der Waals surface area contributed by atoms with Crippen molar-refractivity contribution in [2.45, 2.75) is 11.8 Å². The number of nitrogens with one attached hydrogen (secondary N) is 2. The van der Waals surface area contributed by atoms with Crippen LogP contribution in [0.1, 0.15) is 5.56 Å². The van der Waals surface area contributed by atoms with Gasteiger partial charge < -0.3 is 0 Å². The normalized spacial score (nSPS) is 11.4. The van der Waals surface area contributed by atoms with Crippen LogP contribution in [0.2, 0.25) is 0 Å². The Balaban J connectivity index is 2.42. The first-order valence-electron chi connectivity index (χ1n) is 4.77. The van der Waals surface area contributed by atoms with E-state index in [4.69, 9.17) is 0 Å². The van der Waals surface area contributed by atoms with Crippen LogP contribution in [0.4, 0.5) is 10.1 Å². The van der Waals surface area contributed by atoms with Crippen molar-refractivity contribution < 1.29 is 12.8 Å². The van der Waals surface area contributed by atoms with E-state index in [0.29, 0.717) is 5.69 Å². The second kappa shape index (κ2) is 4.17. The largest absolute Gasteiger partial charge is 0.284 e. The Morgan fingerprint density at radius 1 is 1.41 bits per heavy atom. The molecule has 0 bridgehead atoms. The van der Waals surface area contributed by atoms with E-state index in [1.807, 2.05) is 0 Å². The molecule has 5 nitrogen and oxygen atoms in total. The summed E-state index contributed by atoms with van der Waals surface area (Å²) in [5.74, 6) is -0.555. The number of nitrogens with zero attached hydrogens (tertiary/aromatic N) is 1. The molecule has 0 unspecified atom stereocenters. The second-order valence-corrected chi connectivity index (χ2v) is 5.11. The molecule has 1 heterocycles. The standard InChI is InChI=1S/C10H10FN3O2S/c1-7-9(11)3-2-4-10(7)17(15,16)14-8-5-12-13-6-8/h2-6,14H,1H3,(H,12,13). The van der Waals surface area contributed by atoms with Gasteiger partial charge in [0.2, 0.25) is 0 Å². The average Bonchev–Trinajstić information content (AvgIpc) is 2.73. The fourth-order valence-corrected chi connectivity index (χ4v) is 2.69. The van der Waals surface area contributed by atoms with E-state index in [9.17, 15) is 12.8 Å². The first-order valence-corrected chi connectivity index (χ1v) is 6.26. The van der Waals surface area contributed by atoms with E-state index in [-0.39, 0.29) is 10.5 Å². The Kier molecular flexibility index (Phi) is 2.84. The van der Waals surface area contributed by atoms with E-state index < -0.39 is 15.8 Å². The van der Waals surface area contributed by atoms with Gasteiger partial charge >= 0.3 is 0 Å². The average molecular weight is 255 g/mol. The van der Waals surface area contributed by atoms with E-state index >= 15 is 0 Å². The highest BCUT2D eigenvalue weighted by molar-refractivity contribution is 7.92. The minimum atomic E-state index is -3.79. The Morgan fingerprint density at radius 2 is 2.18 bits per heavy atom. The summed E-state index contributed by atoms with van der Waals surface area (Å²) in [6, 6.07) is 3.92. The van der Waals surface area contributed by atoms with Crippen LogP contribution in [0.15, 0.2) is 35.5 Å². The monoisotopic (exact) mass is 255 g/mol. The van der Waals surface area contributed by atoms with Gasteiger partial charge in [-0.3, -0.25) is 9.82 Å². The van der Waals surface area contributed by atoms with Crippen molar-refractivity contribution in [2.24, 2.45) is 0 Å². The van der Waals surface area contributed by atoms with E-state index in [0.717, 1.165) is 0 Å². The summed E-state index contributed by atoms with van der Waals surface area (Å²) in [7, 11) is -3.79. The number of anilines is 1. The van der Waals surface area contributed by atoms with Crippen LogP contribution in [0.3, 0.4) is 0 Å². The number of sulfonamides is 1. The smallest absolute Gasteiger partial charge is 0.262 e. The molecule has 0 aliphatic carbocycles. The van der Waals surface area contributed by atoms with Gasteiger partial charge in [0.15, 0.2) is 0 Å². The molecule has 0 saturated heterocycles. The van der Waals surface area contributed by atoms with Crippen LogP contribution in [0, 0.1) is 12.7 Å². The summed E-state index contributed by atoms with van der Waals surface area (Å²) in [5, 5.41) is 6.09. The lowest BCUT2D eigenvalue weighted by Crippen LogP contribution is -2.14. The third kappa shape index (κ3) is 2.28. The molecule has 0 saturated carbocycles. The Morgan fingerprint density at radius 3 is 2.82 bits per heavy atom. The van der Waals surface area contributed by atoms with Gasteiger partial charge in [0.25, 0.3) is 10.0 Å². The molecule has 2 N–H and O–H groups in total.